The fourth-order valence-electron chi connectivity index (χ4n) is 3.99. The second-order valence-corrected chi connectivity index (χ2v) is 7.08. The minimum Gasteiger partial charge on any atom is -0.324 e. The molecule has 3 aromatic rings. The van der Waals surface area contributed by atoms with Gasteiger partial charge in [0.1, 0.15) is 5.82 Å². The van der Waals surface area contributed by atoms with Crippen molar-refractivity contribution in [1.82, 2.24) is 29.2 Å². The summed E-state index contributed by atoms with van der Waals surface area (Å²) in [5, 5.41) is 4.48. The van der Waals surface area contributed by atoms with Crippen LogP contribution >= 0.6 is 0 Å². The third-order valence-electron chi connectivity index (χ3n) is 5.43. The maximum absolute atomic E-state index is 4.67. The second kappa shape index (κ2) is 7.03. The van der Waals surface area contributed by atoms with E-state index in [1.54, 1.807) is 0 Å². The fourth-order valence-corrected chi connectivity index (χ4v) is 3.99. The third-order valence-corrected chi connectivity index (χ3v) is 5.43. The molecule has 136 valence electrons. The van der Waals surface area contributed by atoms with Gasteiger partial charge in [-0.3, -0.25) is 14.6 Å². The lowest BCUT2D eigenvalue weighted by Crippen LogP contribution is -2.22. The van der Waals surface area contributed by atoms with Gasteiger partial charge in [-0.05, 0) is 39.3 Å². The second-order valence-electron chi connectivity index (χ2n) is 7.08. The average molecular weight is 350 g/mol. The van der Waals surface area contributed by atoms with Crippen molar-refractivity contribution >= 4 is 0 Å². The first kappa shape index (κ1) is 17.0. The molecule has 1 fully saturated rings. The Morgan fingerprint density at radius 2 is 1.96 bits per heavy atom. The first-order valence-corrected chi connectivity index (χ1v) is 9.35. The number of pyridine rings is 1. The molecule has 4 heterocycles. The van der Waals surface area contributed by atoms with E-state index < -0.39 is 0 Å². The van der Waals surface area contributed by atoms with Gasteiger partial charge in [-0.2, -0.15) is 5.10 Å². The quantitative estimate of drug-likeness (QED) is 0.709. The SMILES string of the molecule is CCn1ncc(CN2CCC(n3c(C)cnc3-c3ccncc3)C2)c1C. The maximum Gasteiger partial charge on any atom is 0.140 e. The van der Waals surface area contributed by atoms with E-state index in [-0.39, 0.29) is 0 Å². The maximum atomic E-state index is 4.67. The van der Waals surface area contributed by atoms with Crippen LogP contribution in [0.3, 0.4) is 0 Å². The van der Waals surface area contributed by atoms with Gasteiger partial charge < -0.3 is 4.57 Å². The van der Waals surface area contributed by atoms with Crippen molar-refractivity contribution in [3.05, 3.63) is 53.9 Å². The van der Waals surface area contributed by atoms with Gasteiger partial charge in [-0.25, -0.2) is 4.98 Å². The molecule has 6 nitrogen and oxygen atoms in total. The molecule has 26 heavy (non-hydrogen) atoms. The summed E-state index contributed by atoms with van der Waals surface area (Å²) >= 11 is 0. The summed E-state index contributed by atoms with van der Waals surface area (Å²) in [5.74, 6) is 1.05. The van der Waals surface area contributed by atoms with E-state index in [0.717, 1.165) is 44.0 Å². The molecule has 6 heteroatoms. The molecule has 1 atom stereocenters. The highest BCUT2D eigenvalue weighted by Crippen LogP contribution is 2.30. The van der Waals surface area contributed by atoms with Crippen molar-refractivity contribution in [2.45, 2.75) is 46.3 Å². The summed E-state index contributed by atoms with van der Waals surface area (Å²) in [4.78, 5) is 11.3. The number of hydrogen-bond donors (Lipinski definition) is 0. The van der Waals surface area contributed by atoms with E-state index in [0.29, 0.717) is 6.04 Å². The van der Waals surface area contributed by atoms with Crippen LogP contribution in [-0.4, -0.2) is 42.3 Å². The highest BCUT2D eigenvalue weighted by Gasteiger charge is 2.27. The first-order valence-electron chi connectivity index (χ1n) is 9.35. The number of nitrogens with zero attached hydrogens (tertiary/aromatic N) is 6. The van der Waals surface area contributed by atoms with Crippen molar-refractivity contribution in [1.29, 1.82) is 0 Å². The van der Waals surface area contributed by atoms with Crippen LogP contribution in [0.1, 0.15) is 36.3 Å². The molecular formula is C20H26N6. The van der Waals surface area contributed by atoms with Crippen LogP contribution in [0.4, 0.5) is 0 Å². The van der Waals surface area contributed by atoms with Crippen LogP contribution in [0, 0.1) is 13.8 Å². The lowest BCUT2D eigenvalue weighted by Gasteiger charge is -2.19. The molecule has 3 aromatic heterocycles. The molecule has 1 aliphatic heterocycles. The summed E-state index contributed by atoms with van der Waals surface area (Å²) in [6.45, 7) is 10.5. The van der Waals surface area contributed by atoms with E-state index in [4.69, 9.17) is 0 Å². The van der Waals surface area contributed by atoms with Gasteiger partial charge in [0.2, 0.25) is 0 Å². The predicted octanol–water partition coefficient (Wildman–Crippen LogP) is 3.23. The number of imidazole rings is 1. The third kappa shape index (κ3) is 3.05. The molecule has 0 N–H and O–H groups in total. The Labute approximate surface area is 154 Å². The normalized spacial score (nSPS) is 17.9. The van der Waals surface area contributed by atoms with Crippen LogP contribution in [-0.2, 0) is 13.1 Å². The highest BCUT2D eigenvalue weighted by atomic mass is 15.3. The summed E-state index contributed by atoms with van der Waals surface area (Å²) in [5.41, 5.74) is 4.97. The topological polar surface area (TPSA) is 51.8 Å². The highest BCUT2D eigenvalue weighted by molar-refractivity contribution is 5.55. The Morgan fingerprint density at radius 1 is 1.15 bits per heavy atom. The zero-order valence-electron chi connectivity index (χ0n) is 15.8. The van der Waals surface area contributed by atoms with Crippen LogP contribution in [0.15, 0.2) is 36.9 Å². The zero-order valence-corrected chi connectivity index (χ0v) is 15.8. The summed E-state index contributed by atoms with van der Waals surface area (Å²) < 4.78 is 4.47. The van der Waals surface area contributed by atoms with E-state index in [9.17, 15) is 0 Å². The van der Waals surface area contributed by atoms with Gasteiger partial charge >= 0.3 is 0 Å². The van der Waals surface area contributed by atoms with Crippen molar-refractivity contribution < 1.29 is 0 Å². The molecule has 0 bridgehead atoms. The van der Waals surface area contributed by atoms with Gasteiger partial charge in [-0.1, -0.05) is 0 Å². The Morgan fingerprint density at radius 3 is 2.69 bits per heavy atom. The Bertz CT molecular complexity index is 879. The van der Waals surface area contributed by atoms with Gasteiger partial charge in [0, 0.05) is 73.3 Å². The van der Waals surface area contributed by atoms with E-state index in [1.165, 1.54) is 17.0 Å². The molecule has 0 aromatic carbocycles. The fraction of sp³-hybridized carbons (Fsp3) is 0.450. The Hall–Kier alpha value is -2.47. The average Bonchev–Trinajstić information content (AvgIpc) is 3.36. The van der Waals surface area contributed by atoms with E-state index >= 15 is 0 Å². The van der Waals surface area contributed by atoms with Crippen LogP contribution in [0.5, 0.6) is 0 Å². The van der Waals surface area contributed by atoms with Gasteiger partial charge in [-0.15, -0.1) is 0 Å². The molecule has 1 saturated heterocycles. The molecule has 4 rings (SSSR count). The summed E-state index contributed by atoms with van der Waals surface area (Å²) in [6.07, 6.45) is 8.82. The molecule has 1 aliphatic rings. The first-order chi connectivity index (χ1) is 12.7. The number of likely N-dealkylation sites (tertiary alicyclic amines) is 1. The molecular weight excluding hydrogens is 324 g/mol. The molecule has 0 saturated carbocycles. The molecule has 0 radical (unpaired) electrons. The van der Waals surface area contributed by atoms with Gasteiger partial charge in [0.25, 0.3) is 0 Å². The Balaban J connectivity index is 1.53. The minimum atomic E-state index is 0.460. The monoisotopic (exact) mass is 350 g/mol. The smallest absolute Gasteiger partial charge is 0.140 e. The van der Waals surface area contributed by atoms with Gasteiger partial charge in [0.15, 0.2) is 0 Å². The van der Waals surface area contributed by atoms with Gasteiger partial charge in [0.05, 0.1) is 6.20 Å². The van der Waals surface area contributed by atoms with Crippen molar-refractivity contribution in [3.63, 3.8) is 0 Å². The number of rotatable bonds is 5. The standard InChI is InChI=1S/C20H26N6/c1-4-25-16(3)18(12-23-25)13-24-10-7-19(14-24)26-15(2)11-22-20(26)17-5-8-21-9-6-17/h5-6,8-9,11-12,19H,4,7,10,13-14H2,1-3H3. The molecule has 0 spiro atoms. The van der Waals surface area contributed by atoms with Crippen molar-refractivity contribution in [2.24, 2.45) is 0 Å². The number of aromatic nitrogens is 5. The lowest BCUT2D eigenvalue weighted by atomic mass is 10.2. The predicted molar refractivity (Wildman–Crippen MR) is 102 cm³/mol. The van der Waals surface area contributed by atoms with Crippen LogP contribution in [0.2, 0.25) is 0 Å². The zero-order chi connectivity index (χ0) is 18.1. The summed E-state index contributed by atoms with van der Waals surface area (Å²) in [6, 6.07) is 4.53. The summed E-state index contributed by atoms with van der Waals surface area (Å²) in [7, 11) is 0. The van der Waals surface area contributed by atoms with Crippen molar-refractivity contribution in [3.8, 4) is 11.4 Å². The number of hydrogen-bond acceptors (Lipinski definition) is 4. The lowest BCUT2D eigenvalue weighted by molar-refractivity contribution is 0.315. The van der Waals surface area contributed by atoms with Crippen LogP contribution in [0.25, 0.3) is 11.4 Å². The molecule has 0 amide bonds. The van der Waals surface area contributed by atoms with E-state index in [1.807, 2.05) is 36.9 Å². The molecule has 0 aliphatic carbocycles. The van der Waals surface area contributed by atoms with E-state index in [2.05, 4.69) is 50.0 Å². The van der Waals surface area contributed by atoms with Crippen LogP contribution < -0.4 is 0 Å². The largest absolute Gasteiger partial charge is 0.324 e. The Kier molecular flexibility index (Phi) is 4.59. The molecule has 1 unspecified atom stereocenters. The van der Waals surface area contributed by atoms with Crippen molar-refractivity contribution in [2.75, 3.05) is 13.1 Å². The number of aryl methyl sites for hydroxylation is 2. The minimum absolute atomic E-state index is 0.460.